The van der Waals surface area contributed by atoms with Crippen LogP contribution in [0.5, 0.6) is 11.5 Å². The third-order valence-electron chi connectivity index (χ3n) is 3.61. The predicted octanol–water partition coefficient (Wildman–Crippen LogP) is 3.28. The van der Waals surface area contributed by atoms with E-state index in [2.05, 4.69) is 0 Å². The van der Waals surface area contributed by atoms with Crippen LogP contribution in [0.25, 0.3) is 21.7 Å². The zero-order valence-electron chi connectivity index (χ0n) is 11.5. The Kier molecular flexibility index (Phi) is 2.67. The summed E-state index contributed by atoms with van der Waals surface area (Å²) in [4.78, 5) is 12.2. The highest BCUT2D eigenvalue weighted by Crippen LogP contribution is 2.33. The van der Waals surface area contributed by atoms with Crippen LogP contribution in [0.15, 0.2) is 33.5 Å². The molecule has 1 N–H and O–H groups in total. The molecule has 3 rings (SSSR count). The maximum Gasteiger partial charge on any atom is 0.344 e. The second-order valence-corrected chi connectivity index (χ2v) is 4.84. The second-order valence-electron chi connectivity index (χ2n) is 4.84. The summed E-state index contributed by atoms with van der Waals surface area (Å²) in [6.45, 7) is 3.65. The molecule has 0 bridgehead atoms. The lowest BCUT2D eigenvalue weighted by atomic mass is 10.0. The van der Waals surface area contributed by atoms with Crippen molar-refractivity contribution >= 4 is 21.7 Å². The molecule has 0 atom stereocenters. The van der Waals surface area contributed by atoms with Crippen LogP contribution in [0, 0.1) is 13.8 Å². The van der Waals surface area contributed by atoms with E-state index in [0.29, 0.717) is 22.3 Å². The van der Waals surface area contributed by atoms with Gasteiger partial charge in [0.15, 0.2) is 0 Å². The Hall–Kier alpha value is -2.49. The first-order valence-electron chi connectivity index (χ1n) is 6.26. The molecule has 1 heterocycles. The van der Waals surface area contributed by atoms with Gasteiger partial charge in [-0.15, -0.1) is 0 Å². The van der Waals surface area contributed by atoms with E-state index in [1.165, 1.54) is 0 Å². The van der Waals surface area contributed by atoms with E-state index in [0.717, 1.165) is 16.3 Å². The Morgan fingerprint density at radius 3 is 2.60 bits per heavy atom. The Bertz CT molecular complexity index is 890. The first-order chi connectivity index (χ1) is 9.52. The lowest BCUT2D eigenvalue weighted by Gasteiger charge is -2.10. The van der Waals surface area contributed by atoms with Gasteiger partial charge >= 0.3 is 5.63 Å². The number of methoxy groups -OCH3 is 1. The summed E-state index contributed by atoms with van der Waals surface area (Å²) in [5.74, 6) is 0.739. The zero-order valence-corrected chi connectivity index (χ0v) is 11.5. The standard InChI is InChI=1S/C16H14O4/c1-8-6-10(19-3)7-12-14(8)11-4-5-13(17)9(2)15(11)20-16(12)18/h4-7,17H,1-3H3. The minimum Gasteiger partial charge on any atom is -0.508 e. The number of fused-ring (bicyclic) bond motifs is 3. The summed E-state index contributed by atoms with van der Waals surface area (Å²) in [6, 6.07) is 6.93. The van der Waals surface area contributed by atoms with Crippen molar-refractivity contribution in [2.45, 2.75) is 13.8 Å². The summed E-state index contributed by atoms with van der Waals surface area (Å²) in [6.07, 6.45) is 0. The van der Waals surface area contributed by atoms with E-state index in [1.807, 2.05) is 13.0 Å². The molecular formula is C16H14O4. The summed E-state index contributed by atoms with van der Waals surface area (Å²) < 4.78 is 10.6. The summed E-state index contributed by atoms with van der Waals surface area (Å²) >= 11 is 0. The fraction of sp³-hybridized carbons (Fsp3) is 0.188. The van der Waals surface area contributed by atoms with Crippen molar-refractivity contribution in [1.29, 1.82) is 0 Å². The van der Waals surface area contributed by atoms with Crippen molar-refractivity contribution in [3.63, 3.8) is 0 Å². The Morgan fingerprint density at radius 1 is 1.15 bits per heavy atom. The molecule has 2 aromatic carbocycles. The predicted molar refractivity (Wildman–Crippen MR) is 77.7 cm³/mol. The molecular weight excluding hydrogens is 256 g/mol. The molecule has 1 aromatic heterocycles. The van der Waals surface area contributed by atoms with Crippen LogP contribution in [0.3, 0.4) is 0 Å². The van der Waals surface area contributed by atoms with Crippen LogP contribution in [-0.4, -0.2) is 12.2 Å². The van der Waals surface area contributed by atoms with Gasteiger partial charge in [-0.1, -0.05) is 0 Å². The Balaban J connectivity index is 2.61. The maximum atomic E-state index is 12.2. The van der Waals surface area contributed by atoms with E-state index in [4.69, 9.17) is 9.15 Å². The third kappa shape index (κ3) is 1.65. The van der Waals surface area contributed by atoms with Gasteiger partial charge in [0.05, 0.1) is 12.5 Å². The van der Waals surface area contributed by atoms with Crippen molar-refractivity contribution < 1.29 is 14.3 Å². The number of hydrogen-bond donors (Lipinski definition) is 1. The van der Waals surface area contributed by atoms with Gasteiger partial charge in [0.2, 0.25) is 0 Å². The average molecular weight is 270 g/mol. The van der Waals surface area contributed by atoms with Crippen LogP contribution in [0.4, 0.5) is 0 Å². The SMILES string of the molecule is COc1cc(C)c2c(c1)c(=O)oc1c(C)c(O)ccc12. The van der Waals surface area contributed by atoms with Gasteiger partial charge in [0.1, 0.15) is 17.1 Å². The molecule has 0 radical (unpaired) electrons. The van der Waals surface area contributed by atoms with Crippen molar-refractivity contribution in [3.05, 3.63) is 45.8 Å². The number of ether oxygens (including phenoxy) is 1. The van der Waals surface area contributed by atoms with Gasteiger partial charge in [0, 0.05) is 16.3 Å². The largest absolute Gasteiger partial charge is 0.508 e. The second kappa shape index (κ2) is 4.27. The molecule has 0 saturated heterocycles. The van der Waals surface area contributed by atoms with Crippen LogP contribution < -0.4 is 10.4 Å². The van der Waals surface area contributed by atoms with Crippen molar-refractivity contribution in [1.82, 2.24) is 0 Å². The van der Waals surface area contributed by atoms with Crippen LogP contribution >= 0.6 is 0 Å². The van der Waals surface area contributed by atoms with Crippen molar-refractivity contribution in [2.24, 2.45) is 0 Å². The maximum absolute atomic E-state index is 12.2. The smallest absolute Gasteiger partial charge is 0.344 e. The number of aryl methyl sites for hydroxylation is 2. The minimum atomic E-state index is -0.428. The highest BCUT2D eigenvalue weighted by atomic mass is 16.5. The summed E-state index contributed by atoms with van der Waals surface area (Å²) in [5, 5.41) is 11.9. The van der Waals surface area contributed by atoms with Crippen LogP contribution in [0.2, 0.25) is 0 Å². The van der Waals surface area contributed by atoms with Gasteiger partial charge in [-0.25, -0.2) is 4.79 Å². The van der Waals surface area contributed by atoms with Crippen LogP contribution in [-0.2, 0) is 0 Å². The first kappa shape index (κ1) is 12.5. The minimum absolute atomic E-state index is 0.117. The highest BCUT2D eigenvalue weighted by molar-refractivity contribution is 6.07. The topological polar surface area (TPSA) is 59.7 Å². The molecule has 3 aromatic rings. The molecule has 0 amide bonds. The molecule has 4 heteroatoms. The molecule has 0 saturated carbocycles. The molecule has 20 heavy (non-hydrogen) atoms. The highest BCUT2D eigenvalue weighted by Gasteiger charge is 2.14. The van der Waals surface area contributed by atoms with Gasteiger partial charge in [-0.2, -0.15) is 0 Å². The van der Waals surface area contributed by atoms with Gasteiger partial charge in [0.25, 0.3) is 0 Å². The molecule has 0 aliphatic heterocycles. The number of aromatic hydroxyl groups is 1. The normalized spacial score (nSPS) is 11.2. The van der Waals surface area contributed by atoms with Gasteiger partial charge in [-0.05, 0) is 43.7 Å². The molecule has 0 unspecified atom stereocenters. The monoisotopic (exact) mass is 270 g/mol. The van der Waals surface area contributed by atoms with E-state index < -0.39 is 5.63 Å². The first-order valence-corrected chi connectivity index (χ1v) is 6.26. The fourth-order valence-corrected chi connectivity index (χ4v) is 2.55. The Labute approximate surface area is 115 Å². The third-order valence-corrected chi connectivity index (χ3v) is 3.61. The molecule has 0 spiro atoms. The van der Waals surface area contributed by atoms with Crippen molar-refractivity contribution in [2.75, 3.05) is 7.11 Å². The summed E-state index contributed by atoms with van der Waals surface area (Å²) in [5.41, 5.74) is 1.50. The number of phenols is 1. The zero-order chi connectivity index (χ0) is 14.4. The molecule has 0 fully saturated rings. The fourth-order valence-electron chi connectivity index (χ4n) is 2.55. The van der Waals surface area contributed by atoms with Crippen molar-refractivity contribution in [3.8, 4) is 11.5 Å². The molecule has 4 nitrogen and oxygen atoms in total. The van der Waals surface area contributed by atoms with Crippen LogP contribution in [0.1, 0.15) is 11.1 Å². The number of phenolic OH excluding ortho intramolecular Hbond substituents is 1. The molecule has 0 aliphatic rings. The molecule has 102 valence electrons. The lowest BCUT2D eigenvalue weighted by molar-refractivity contribution is 0.415. The van der Waals surface area contributed by atoms with E-state index >= 15 is 0 Å². The van der Waals surface area contributed by atoms with E-state index in [-0.39, 0.29) is 5.75 Å². The quantitative estimate of drug-likeness (QED) is 0.544. The average Bonchev–Trinajstić information content (AvgIpc) is 2.43. The van der Waals surface area contributed by atoms with E-state index in [9.17, 15) is 9.90 Å². The Morgan fingerprint density at radius 2 is 1.90 bits per heavy atom. The van der Waals surface area contributed by atoms with Gasteiger partial charge in [-0.3, -0.25) is 0 Å². The number of rotatable bonds is 1. The van der Waals surface area contributed by atoms with E-state index in [1.54, 1.807) is 32.2 Å². The summed E-state index contributed by atoms with van der Waals surface area (Å²) in [7, 11) is 1.56. The number of benzene rings is 2. The van der Waals surface area contributed by atoms with Gasteiger partial charge < -0.3 is 14.3 Å². The lowest BCUT2D eigenvalue weighted by Crippen LogP contribution is -2.02. The molecule has 0 aliphatic carbocycles. The number of hydrogen-bond acceptors (Lipinski definition) is 4.